The summed E-state index contributed by atoms with van der Waals surface area (Å²) in [5.41, 5.74) is 0. The molecule has 0 radical (unpaired) electrons. The van der Waals surface area contributed by atoms with Crippen LogP contribution in [-0.2, 0) is 29.8 Å². The van der Waals surface area contributed by atoms with E-state index in [0.717, 1.165) is 38.5 Å². The fraction of sp³-hybridized carbons (Fsp3) is 0.900. The summed E-state index contributed by atoms with van der Waals surface area (Å²) in [6.07, 6.45) is 12.2. The van der Waals surface area contributed by atoms with E-state index in [2.05, 4.69) is 13.8 Å². The number of carbonyl (C=O) groups excluding carboxylic acids is 2. The van der Waals surface area contributed by atoms with Gasteiger partial charge in [-0.1, -0.05) is 78.1 Å². The van der Waals surface area contributed by atoms with Crippen LogP contribution in [0.15, 0.2) is 0 Å². The van der Waals surface area contributed by atoms with Gasteiger partial charge in [-0.25, -0.2) is 8.42 Å². The summed E-state index contributed by atoms with van der Waals surface area (Å²) in [5, 5.41) is -1.45. The zero-order chi connectivity index (χ0) is 20.3. The van der Waals surface area contributed by atoms with Crippen LogP contribution in [0.1, 0.15) is 97.3 Å². The van der Waals surface area contributed by atoms with Gasteiger partial charge in [0.25, 0.3) is 0 Å². The van der Waals surface area contributed by atoms with E-state index in [1.54, 1.807) is 0 Å². The molecule has 1 atom stereocenters. The van der Waals surface area contributed by atoms with E-state index < -0.39 is 34.3 Å². The molecular formula is C20H39NaO6S. The van der Waals surface area contributed by atoms with Crippen molar-refractivity contribution in [2.45, 2.75) is 103 Å². The molecule has 0 aliphatic rings. The Hall–Kier alpha value is -0.110. The van der Waals surface area contributed by atoms with Gasteiger partial charge in [-0.3, -0.25) is 9.59 Å². The Kier molecular flexibility index (Phi) is 23.2. The standard InChI is InChI=1S/C20H38O6S.Na.H/c1-3-5-7-9-11-13-15-25-19(21)17-18(27(23)24)20(22)26-16-14-12-10-8-6-4-2;;/h18,27H,3-17H2,1-2H3;;. The van der Waals surface area contributed by atoms with Crippen molar-refractivity contribution in [3.05, 3.63) is 0 Å². The number of carbonyl (C=O) groups is 2. The molecule has 0 aromatic carbocycles. The van der Waals surface area contributed by atoms with Crippen LogP contribution >= 0.6 is 0 Å². The van der Waals surface area contributed by atoms with Gasteiger partial charge in [0, 0.05) is 0 Å². The average molecular weight is 431 g/mol. The van der Waals surface area contributed by atoms with E-state index in [1.807, 2.05) is 0 Å². The number of thiol groups is 1. The molecule has 0 aromatic rings. The molecule has 0 heterocycles. The Labute approximate surface area is 194 Å². The van der Waals surface area contributed by atoms with Crippen LogP contribution in [0.5, 0.6) is 0 Å². The number of rotatable bonds is 18. The molecule has 0 aliphatic carbocycles. The monoisotopic (exact) mass is 430 g/mol. The molecule has 162 valence electrons. The molecule has 0 aliphatic heterocycles. The van der Waals surface area contributed by atoms with Gasteiger partial charge in [0.15, 0.2) is 16.0 Å². The molecule has 0 bridgehead atoms. The van der Waals surface area contributed by atoms with E-state index in [0.29, 0.717) is 6.42 Å². The third-order valence-corrected chi connectivity index (χ3v) is 5.29. The van der Waals surface area contributed by atoms with Gasteiger partial charge in [-0.15, -0.1) is 0 Å². The number of ether oxygens (including phenoxy) is 2. The Bertz CT molecular complexity index is 460. The molecule has 0 saturated carbocycles. The quantitative estimate of drug-likeness (QED) is 0.155. The van der Waals surface area contributed by atoms with Crippen molar-refractivity contribution in [3.63, 3.8) is 0 Å². The van der Waals surface area contributed by atoms with Crippen molar-refractivity contribution >= 4 is 52.2 Å². The van der Waals surface area contributed by atoms with E-state index in [4.69, 9.17) is 9.47 Å². The van der Waals surface area contributed by atoms with Gasteiger partial charge >= 0.3 is 41.5 Å². The third-order valence-electron chi connectivity index (χ3n) is 4.39. The van der Waals surface area contributed by atoms with E-state index in [9.17, 15) is 18.0 Å². The molecule has 0 rings (SSSR count). The summed E-state index contributed by atoms with van der Waals surface area (Å²) in [5.74, 6) is -1.51. The molecule has 0 spiro atoms. The van der Waals surface area contributed by atoms with Crippen LogP contribution in [-0.4, -0.2) is 68.4 Å². The summed E-state index contributed by atoms with van der Waals surface area (Å²) in [4.78, 5) is 23.7. The minimum absolute atomic E-state index is 0. The van der Waals surface area contributed by atoms with Crippen molar-refractivity contribution < 1.29 is 27.5 Å². The summed E-state index contributed by atoms with van der Waals surface area (Å²) < 4.78 is 32.6. The molecule has 0 fully saturated rings. The summed E-state index contributed by atoms with van der Waals surface area (Å²) in [7, 11) is -3.07. The van der Waals surface area contributed by atoms with Crippen molar-refractivity contribution in [1.29, 1.82) is 0 Å². The van der Waals surface area contributed by atoms with E-state index in [1.165, 1.54) is 32.1 Å². The summed E-state index contributed by atoms with van der Waals surface area (Å²) in [6.45, 7) is 4.75. The number of hydrogen-bond acceptors (Lipinski definition) is 6. The second kappa shape index (κ2) is 21.6. The van der Waals surface area contributed by atoms with Gasteiger partial charge in [0.1, 0.15) is 0 Å². The van der Waals surface area contributed by atoms with Crippen LogP contribution in [0.4, 0.5) is 0 Å². The zero-order valence-corrected chi connectivity index (χ0v) is 18.0. The van der Waals surface area contributed by atoms with Crippen LogP contribution in [0.3, 0.4) is 0 Å². The SMILES string of the molecule is CCCCCCCCOC(=O)CC(C(=O)OCCCCCCCC)[SH](=O)=O.[NaH]. The van der Waals surface area contributed by atoms with Crippen molar-refractivity contribution in [2.75, 3.05) is 13.2 Å². The van der Waals surface area contributed by atoms with E-state index >= 15 is 0 Å². The van der Waals surface area contributed by atoms with Crippen LogP contribution < -0.4 is 0 Å². The van der Waals surface area contributed by atoms with Crippen LogP contribution in [0.25, 0.3) is 0 Å². The Balaban J connectivity index is 0. The molecular weight excluding hydrogens is 391 g/mol. The van der Waals surface area contributed by atoms with Gasteiger partial charge in [0.05, 0.1) is 19.6 Å². The van der Waals surface area contributed by atoms with E-state index in [-0.39, 0.29) is 42.8 Å². The van der Waals surface area contributed by atoms with Gasteiger partial charge in [-0.2, -0.15) is 0 Å². The van der Waals surface area contributed by atoms with Crippen molar-refractivity contribution in [3.8, 4) is 0 Å². The van der Waals surface area contributed by atoms with Gasteiger partial charge in [-0.05, 0) is 12.8 Å². The molecule has 28 heavy (non-hydrogen) atoms. The van der Waals surface area contributed by atoms with Crippen molar-refractivity contribution in [2.24, 2.45) is 0 Å². The maximum atomic E-state index is 11.9. The number of unbranched alkanes of at least 4 members (excludes halogenated alkanes) is 10. The topological polar surface area (TPSA) is 86.7 Å². The number of esters is 2. The first kappa shape index (κ1) is 30.1. The molecule has 8 heteroatoms. The molecule has 1 unspecified atom stereocenters. The Morgan fingerprint density at radius 2 is 1.14 bits per heavy atom. The fourth-order valence-electron chi connectivity index (χ4n) is 2.68. The summed E-state index contributed by atoms with van der Waals surface area (Å²) in [6, 6.07) is 0. The minimum atomic E-state index is -3.07. The predicted octanol–water partition coefficient (Wildman–Crippen LogP) is 3.52. The maximum absolute atomic E-state index is 11.9. The predicted molar refractivity (Wildman–Crippen MR) is 115 cm³/mol. The van der Waals surface area contributed by atoms with Crippen LogP contribution in [0.2, 0.25) is 0 Å². The van der Waals surface area contributed by atoms with Gasteiger partial charge < -0.3 is 9.47 Å². The first-order valence-corrected chi connectivity index (χ1v) is 11.7. The molecule has 0 N–H and O–H groups in total. The first-order chi connectivity index (χ1) is 13.0. The molecule has 0 aromatic heterocycles. The molecule has 0 amide bonds. The first-order valence-electron chi connectivity index (χ1n) is 10.5. The zero-order valence-electron chi connectivity index (χ0n) is 17.1. The second-order valence-electron chi connectivity index (χ2n) is 6.93. The van der Waals surface area contributed by atoms with Crippen molar-refractivity contribution in [1.82, 2.24) is 0 Å². The molecule has 0 saturated heterocycles. The van der Waals surface area contributed by atoms with Gasteiger partial charge in [0.2, 0.25) is 0 Å². The fourth-order valence-corrected chi connectivity index (χ4v) is 3.23. The molecule has 6 nitrogen and oxygen atoms in total. The Morgan fingerprint density at radius 1 is 0.714 bits per heavy atom. The second-order valence-corrected chi connectivity index (χ2v) is 8.12. The average Bonchev–Trinajstić information content (AvgIpc) is 2.64. The normalized spacial score (nSPS) is 11.7. The third kappa shape index (κ3) is 18.0. The Morgan fingerprint density at radius 3 is 1.61 bits per heavy atom. The summed E-state index contributed by atoms with van der Waals surface area (Å²) >= 11 is 0. The number of hydrogen-bond donors (Lipinski definition) is 1. The van der Waals surface area contributed by atoms with Crippen LogP contribution in [0, 0.1) is 0 Å².